The van der Waals surface area contributed by atoms with Crippen molar-refractivity contribution < 1.29 is 9.90 Å². The normalized spacial score (nSPS) is 34.6. The Hall–Kier alpha value is -0.570. The predicted octanol–water partition coefficient (Wildman–Crippen LogP) is 1.26. The summed E-state index contributed by atoms with van der Waals surface area (Å²) in [4.78, 5) is 13.8. The van der Waals surface area contributed by atoms with Gasteiger partial charge in [0.05, 0.1) is 6.10 Å². The number of aliphatic hydroxyl groups excluding tert-OH is 1. The van der Waals surface area contributed by atoms with E-state index in [0.717, 1.165) is 25.2 Å². The quantitative estimate of drug-likeness (QED) is 0.762. The topological polar surface area (TPSA) is 40.5 Å². The molecule has 3 nitrogen and oxygen atoms in total. The Labute approximate surface area is 96.8 Å². The maximum Gasteiger partial charge on any atom is 0.225 e. The molecule has 0 aliphatic heterocycles. The zero-order valence-corrected chi connectivity index (χ0v) is 9.93. The third kappa shape index (κ3) is 2.10. The second-order valence-corrected chi connectivity index (χ2v) is 5.97. The average Bonchev–Trinajstić information content (AvgIpc) is 3.17. The van der Waals surface area contributed by atoms with E-state index in [-0.39, 0.29) is 12.0 Å². The fraction of sp³-hybridized carbons (Fsp3) is 0.923. The molecule has 0 bridgehead atoms. The van der Waals surface area contributed by atoms with Crippen LogP contribution in [0.15, 0.2) is 0 Å². The highest BCUT2D eigenvalue weighted by molar-refractivity contribution is 5.81. The Morgan fingerprint density at radius 2 is 2.06 bits per heavy atom. The smallest absolute Gasteiger partial charge is 0.225 e. The van der Waals surface area contributed by atoms with Crippen molar-refractivity contribution in [2.75, 3.05) is 13.6 Å². The first-order valence-corrected chi connectivity index (χ1v) is 6.60. The minimum absolute atomic E-state index is 0.275. The summed E-state index contributed by atoms with van der Waals surface area (Å²) >= 11 is 0. The van der Waals surface area contributed by atoms with Gasteiger partial charge in [0.25, 0.3) is 0 Å². The van der Waals surface area contributed by atoms with Gasteiger partial charge in [0.15, 0.2) is 0 Å². The lowest BCUT2D eigenvalue weighted by Crippen LogP contribution is -2.36. The van der Waals surface area contributed by atoms with Crippen LogP contribution in [0.4, 0.5) is 0 Å². The minimum atomic E-state index is -0.285. The van der Waals surface area contributed by atoms with E-state index in [1.54, 1.807) is 4.90 Å². The van der Waals surface area contributed by atoms with Crippen LogP contribution in [0.1, 0.15) is 32.1 Å². The number of hydrogen-bond acceptors (Lipinski definition) is 2. The van der Waals surface area contributed by atoms with Gasteiger partial charge in [0, 0.05) is 19.5 Å². The van der Waals surface area contributed by atoms with E-state index in [2.05, 4.69) is 0 Å². The molecule has 0 aromatic carbocycles. The third-order valence-electron chi connectivity index (χ3n) is 4.39. The summed E-state index contributed by atoms with van der Waals surface area (Å²) in [6, 6.07) is 0. The summed E-state index contributed by atoms with van der Waals surface area (Å²) in [6.07, 6.45) is 5.76. The molecule has 3 atom stereocenters. The number of carbonyl (C=O) groups is 1. The van der Waals surface area contributed by atoms with Gasteiger partial charge in [-0.3, -0.25) is 4.79 Å². The maximum absolute atomic E-state index is 12.0. The van der Waals surface area contributed by atoms with Crippen molar-refractivity contribution >= 4 is 5.91 Å². The van der Waals surface area contributed by atoms with E-state index < -0.39 is 0 Å². The molecule has 0 unspecified atom stereocenters. The molecule has 0 saturated heterocycles. The first-order valence-electron chi connectivity index (χ1n) is 6.60. The summed E-state index contributed by atoms with van der Waals surface area (Å²) in [7, 11) is 1.84. The average molecular weight is 223 g/mol. The predicted molar refractivity (Wildman–Crippen MR) is 60.7 cm³/mol. The number of nitrogens with zero attached hydrogens (tertiary/aromatic N) is 1. The van der Waals surface area contributed by atoms with Crippen LogP contribution in [0.2, 0.25) is 0 Å². The van der Waals surface area contributed by atoms with E-state index >= 15 is 0 Å². The number of aliphatic hydroxyl groups is 1. The Morgan fingerprint density at radius 1 is 1.38 bits per heavy atom. The summed E-state index contributed by atoms with van der Waals surface area (Å²) < 4.78 is 0. The lowest BCUT2D eigenvalue weighted by Gasteiger charge is -2.20. The monoisotopic (exact) mass is 223 g/mol. The Kier molecular flexibility index (Phi) is 2.46. The van der Waals surface area contributed by atoms with Gasteiger partial charge in [0.1, 0.15) is 0 Å². The summed E-state index contributed by atoms with van der Waals surface area (Å²) in [6.45, 7) is 0.539. The second kappa shape index (κ2) is 3.73. The maximum atomic E-state index is 12.0. The van der Waals surface area contributed by atoms with Crippen LogP contribution in [-0.2, 0) is 4.79 Å². The van der Waals surface area contributed by atoms with Crippen LogP contribution in [-0.4, -0.2) is 35.6 Å². The third-order valence-corrected chi connectivity index (χ3v) is 4.39. The molecule has 3 fully saturated rings. The number of rotatable bonds is 5. The molecule has 1 N–H and O–H groups in total. The van der Waals surface area contributed by atoms with Gasteiger partial charge >= 0.3 is 0 Å². The van der Waals surface area contributed by atoms with Gasteiger partial charge in [-0.2, -0.15) is 0 Å². The fourth-order valence-corrected chi connectivity index (χ4v) is 2.83. The van der Waals surface area contributed by atoms with E-state index in [9.17, 15) is 9.90 Å². The molecule has 3 rings (SSSR count). The molecule has 0 aromatic heterocycles. The molecule has 3 heteroatoms. The van der Waals surface area contributed by atoms with Crippen LogP contribution < -0.4 is 0 Å². The second-order valence-electron chi connectivity index (χ2n) is 5.97. The molecule has 0 aromatic rings. The minimum Gasteiger partial charge on any atom is -0.391 e. The molecule has 3 saturated carbocycles. The zero-order chi connectivity index (χ0) is 11.3. The largest absolute Gasteiger partial charge is 0.391 e. The van der Waals surface area contributed by atoms with Crippen molar-refractivity contribution in [3.63, 3.8) is 0 Å². The van der Waals surface area contributed by atoms with E-state index in [0.29, 0.717) is 24.3 Å². The first-order chi connectivity index (χ1) is 7.66. The highest BCUT2D eigenvalue weighted by Crippen LogP contribution is 2.54. The van der Waals surface area contributed by atoms with Crippen molar-refractivity contribution in [1.29, 1.82) is 0 Å². The van der Waals surface area contributed by atoms with Crippen molar-refractivity contribution in [2.45, 2.75) is 38.2 Å². The molecule has 90 valence electrons. The molecule has 3 aliphatic carbocycles. The van der Waals surface area contributed by atoms with Crippen molar-refractivity contribution in [3.05, 3.63) is 0 Å². The van der Waals surface area contributed by atoms with Gasteiger partial charge < -0.3 is 10.0 Å². The fourth-order valence-electron chi connectivity index (χ4n) is 2.83. The SMILES string of the molecule is CN(C[C@H](O)C1CC1)C(=O)[C@H]1C[C@H]1C1CC1. The van der Waals surface area contributed by atoms with Crippen molar-refractivity contribution in [1.82, 2.24) is 4.90 Å². The number of likely N-dealkylation sites (N-methyl/N-ethyl adjacent to an activating group) is 1. The molecule has 1 amide bonds. The summed E-state index contributed by atoms with van der Waals surface area (Å²) in [5.74, 6) is 2.58. The van der Waals surface area contributed by atoms with E-state index in [1.807, 2.05) is 7.05 Å². The van der Waals surface area contributed by atoms with Crippen LogP contribution in [0.25, 0.3) is 0 Å². The number of hydrogen-bond donors (Lipinski definition) is 1. The molecular formula is C13H21NO2. The van der Waals surface area contributed by atoms with Crippen molar-refractivity contribution in [3.8, 4) is 0 Å². The van der Waals surface area contributed by atoms with E-state index in [1.165, 1.54) is 12.8 Å². The molecule has 0 radical (unpaired) electrons. The van der Waals surface area contributed by atoms with Crippen LogP contribution >= 0.6 is 0 Å². The van der Waals surface area contributed by atoms with Gasteiger partial charge in [-0.25, -0.2) is 0 Å². The highest BCUT2D eigenvalue weighted by atomic mass is 16.3. The Bertz CT molecular complexity index is 296. The van der Waals surface area contributed by atoms with Crippen LogP contribution in [0.5, 0.6) is 0 Å². The molecular weight excluding hydrogens is 202 g/mol. The molecule has 16 heavy (non-hydrogen) atoms. The lowest BCUT2D eigenvalue weighted by atomic mass is 10.2. The Balaban J connectivity index is 1.46. The summed E-state index contributed by atoms with van der Waals surface area (Å²) in [5, 5.41) is 9.80. The highest BCUT2D eigenvalue weighted by Gasteiger charge is 2.52. The van der Waals surface area contributed by atoms with Crippen molar-refractivity contribution in [2.24, 2.45) is 23.7 Å². The van der Waals surface area contributed by atoms with E-state index in [4.69, 9.17) is 0 Å². The van der Waals surface area contributed by atoms with Crippen LogP contribution in [0, 0.1) is 23.7 Å². The van der Waals surface area contributed by atoms with Crippen LogP contribution in [0.3, 0.4) is 0 Å². The zero-order valence-electron chi connectivity index (χ0n) is 9.93. The first kappa shape index (κ1) is 10.6. The standard InChI is InChI=1S/C13H21NO2/c1-14(7-12(15)9-4-5-9)13(16)11-6-10(11)8-2-3-8/h8-12,15H,2-7H2,1H3/t10-,11-,12-/m0/s1. The molecule has 3 aliphatic rings. The summed E-state index contributed by atoms with van der Waals surface area (Å²) in [5.41, 5.74) is 0. The number of carbonyl (C=O) groups excluding carboxylic acids is 1. The Morgan fingerprint density at radius 3 is 2.62 bits per heavy atom. The lowest BCUT2D eigenvalue weighted by molar-refractivity contribution is -0.133. The van der Waals surface area contributed by atoms with Gasteiger partial charge in [-0.1, -0.05) is 0 Å². The number of amides is 1. The van der Waals surface area contributed by atoms with Gasteiger partial charge in [-0.05, 0) is 49.9 Å². The molecule has 0 spiro atoms. The molecule has 0 heterocycles. The van der Waals surface area contributed by atoms with Gasteiger partial charge in [0.2, 0.25) is 5.91 Å². The van der Waals surface area contributed by atoms with Gasteiger partial charge in [-0.15, -0.1) is 0 Å².